The average Bonchev–Trinajstić information content (AvgIpc) is 2.46. The molecule has 21 heavy (non-hydrogen) atoms. The second-order valence-corrected chi connectivity index (χ2v) is 13.2. The number of halogens is 3. The minimum Gasteiger partial charge on any atom is -0.0876 e. The Morgan fingerprint density at radius 1 is 0.857 bits per heavy atom. The normalized spacial score (nSPS) is 11.7. The van der Waals surface area contributed by atoms with Crippen LogP contribution < -0.4 is 5.19 Å². The summed E-state index contributed by atoms with van der Waals surface area (Å²) in [6, 6.07) is 13.6. The fraction of sp³-hybridized carbons (Fsp3) is 0.294. The second-order valence-electron chi connectivity index (χ2n) is 6.20. The highest BCUT2D eigenvalue weighted by molar-refractivity contribution is 9.10. The lowest BCUT2D eigenvalue weighted by Crippen LogP contribution is -2.37. The van der Waals surface area contributed by atoms with Crippen molar-refractivity contribution in [3.63, 3.8) is 0 Å². The Labute approximate surface area is 153 Å². The van der Waals surface area contributed by atoms with Crippen LogP contribution in [0.2, 0.25) is 19.6 Å². The van der Waals surface area contributed by atoms with Gasteiger partial charge < -0.3 is 0 Å². The molecule has 4 heteroatoms. The molecule has 0 spiro atoms. The van der Waals surface area contributed by atoms with Crippen LogP contribution in [0.25, 0.3) is 11.1 Å². The minimum atomic E-state index is -1.23. The lowest BCUT2D eigenvalue weighted by atomic mass is 9.98. The summed E-state index contributed by atoms with van der Waals surface area (Å²) in [5.74, 6) is 0. The third-order valence-corrected chi connectivity index (χ3v) is 7.63. The van der Waals surface area contributed by atoms with E-state index in [4.69, 9.17) is 0 Å². The first-order chi connectivity index (χ1) is 9.86. The maximum absolute atomic E-state index is 3.65. The van der Waals surface area contributed by atoms with Gasteiger partial charge in [0.05, 0.1) is 8.07 Å². The van der Waals surface area contributed by atoms with Gasteiger partial charge in [-0.25, -0.2) is 0 Å². The molecule has 0 atom stereocenters. The number of hydrogen-bond acceptors (Lipinski definition) is 0. The van der Waals surface area contributed by atoms with Crippen LogP contribution in [0.4, 0.5) is 0 Å². The van der Waals surface area contributed by atoms with Gasteiger partial charge in [0.15, 0.2) is 0 Å². The molecule has 0 aliphatic heterocycles. The van der Waals surface area contributed by atoms with E-state index in [1.54, 1.807) is 0 Å². The van der Waals surface area contributed by atoms with Gasteiger partial charge in [0.25, 0.3) is 0 Å². The van der Waals surface area contributed by atoms with Crippen LogP contribution in [0.1, 0.15) is 11.1 Å². The summed E-state index contributed by atoms with van der Waals surface area (Å²) in [5, 5.41) is 3.22. The Morgan fingerprint density at radius 3 is 1.90 bits per heavy atom. The zero-order valence-electron chi connectivity index (χ0n) is 12.5. The van der Waals surface area contributed by atoms with E-state index < -0.39 is 8.07 Å². The van der Waals surface area contributed by atoms with Crippen molar-refractivity contribution in [1.29, 1.82) is 0 Å². The Morgan fingerprint density at radius 2 is 1.43 bits per heavy atom. The van der Waals surface area contributed by atoms with E-state index in [1.807, 2.05) is 0 Å². The van der Waals surface area contributed by atoms with E-state index in [1.165, 1.54) is 27.4 Å². The monoisotopic (exact) mass is 488 g/mol. The third kappa shape index (κ3) is 4.09. The van der Waals surface area contributed by atoms with Crippen LogP contribution in [0.3, 0.4) is 0 Å². The van der Waals surface area contributed by atoms with Gasteiger partial charge in [-0.15, -0.1) is 0 Å². The van der Waals surface area contributed by atoms with Crippen molar-refractivity contribution in [2.24, 2.45) is 0 Å². The highest BCUT2D eigenvalue weighted by Gasteiger charge is 2.16. The quantitative estimate of drug-likeness (QED) is 0.341. The topological polar surface area (TPSA) is 0 Å². The molecule has 0 unspecified atom stereocenters. The molecule has 0 amide bonds. The molecule has 0 fully saturated rings. The van der Waals surface area contributed by atoms with E-state index in [9.17, 15) is 0 Å². The summed E-state index contributed by atoms with van der Waals surface area (Å²) in [5.41, 5.74) is 5.20. The molecular weight excluding hydrogens is 472 g/mol. The second kappa shape index (κ2) is 7.11. The van der Waals surface area contributed by atoms with Gasteiger partial charge in [-0.1, -0.05) is 96.9 Å². The Kier molecular flexibility index (Phi) is 5.91. The molecule has 0 aliphatic carbocycles. The number of benzene rings is 2. The first kappa shape index (κ1) is 17.5. The van der Waals surface area contributed by atoms with E-state index >= 15 is 0 Å². The summed E-state index contributed by atoms with van der Waals surface area (Å²) < 4.78 is 1.16. The Hall–Kier alpha value is 0.0969. The molecule has 0 saturated heterocycles. The van der Waals surface area contributed by atoms with Crippen molar-refractivity contribution in [2.45, 2.75) is 30.3 Å². The molecule has 0 N–H and O–H groups in total. The molecule has 2 aromatic carbocycles. The lowest BCUT2D eigenvalue weighted by Gasteiger charge is -2.18. The summed E-state index contributed by atoms with van der Waals surface area (Å²) in [7, 11) is -1.23. The SMILES string of the molecule is C[Si](C)(C)c1ccc(-c2cc(CBr)c(Br)cc2CBr)cc1. The van der Waals surface area contributed by atoms with Crippen molar-refractivity contribution in [3.05, 3.63) is 52.0 Å². The van der Waals surface area contributed by atoms with Gasteiger partial charge in [0, 0.05) is 15.1 Å². The Bertz CT molecular complexity index is 628. The predicted octanol–water partition coefficient (Wildman–Crippen LogP) is 6.45. The first-order valence-electron chi connectivity index (χ1n) is 6.91. The van der Waals surface area contributed by atoms with Crippen molar-refractivity contribution in [1.82, 2.24) is 0 Å². The van der Waals surface area contributed by atoms with Gasteiger partial charge in [0.2, 0.25) is 0 Å². The molecule has 2 aromatic rings. The van der Waals surface area contributed by atoms with E-state index in [2.05, 4.69) is 104 Å². The lowest BCUT2D eigenvalue weighted by molar-refractivity contribution is 1.33. The summed E-state index contributed by atoms with van der Waals surface area (Å²) in [6.45, 7) is 7.15. The minimum absolute atomic E-state index is 0.857. The average molecular weight is 491 g/mol. The van der Waals surface area contributed by atoms with Gasteiger partial charge in [-0.2, -0.15) is 0 Å². The standard InChI is InChI=1S/C17H19Br3Si/c1-21(2,3)15-6-4-12(5-7-15)16-8-14(11-19)17(20)9-13(16)10-18/h4-9H,10-11H2,1-3H3. The van der Waals surface area contributed by atoms with Gasteiger partial charge in [-0.3, -0.25) is 0 Å². The van der Waals surface area contributed by atoms with Crippen molar-refractivity contribution < 1.29 is 0 Å². The summed E-state index contributed by atoms with van der Waals surface area (Å²) >= 11 is 10.8. The molecule has 0 aromatic heterocycles. The predicted molar refractivity (Wildman–Crippen MR) is 108 cm³/mol. The highest BCUT2D eigenvalue weighted by atomic mass is 79.9. The maximum Gasteiger partial charge on any atom is 0.0775 e. The van der Waals surface area contributed by atoms with Crippen LogP contribution in [0.15, 0.2) is 40.9 Å². The number of rotatable bonds is 4. The van der Waals surface area contributed by atoms with E-state index in [0.717, 1.165) is 15.1 Å². The van der Waals surface area contributed by atoms with Crippen LogP contribution in [0, 0.1) is 0 Å². The molecule has 0 saturated carbocycles. The van der Waals surface area contributed by atoms with Gasteiger partial charge in [-0.05, 0) is 34.4 Å². The van der Waals surface area contributed by atoms with Crippen LogP contribution >= 0.6 is 47.8 Å². The van der Waals surface area contributed by atoms with Crippen molar-refractivity contribution >= 4 is 61.1 Å². The maximum atomic E-state index is 3.65. The summed E-state index contributed by atoms with van der Waals surface area (Å²) in [6.07, 6.45) is 0. The molecule has 0 bridgehead atoms. The van der Waals surface area contributed by atoms with Crippen LogP contribution in [-0.2, 0) is 10.7 Å². The highest BCUT2D eigenvalue weighted by Crippen LogP contribution is 2.32. The first-order valence-corrected chi connectivity index (χ1v) is 13.4. The van der Waals surface area contributed by atoms with Gasteiger partial charge in [0.1, 0.15) is 0 Å². The zero-order valence-corrected chi connectivity index (χ0v) is 18.3. The molecular formula is C17H19Br3Si. The molecule has 0 nitrogen and oxygen atoms in total. The molecule has 0 radical (unpaired) electrons. The fourth-order valence-corrected chi connectivity index (χ4v) is 5.29. The smallest absolute Gasteiger partial charge is 0.0775 e. The van der Waals surface area contributed by atoms with Crippen molar-refractivity contribution in [3.8, 4) is 11.1 Å². The van der Waals surface area contributed by atoms with Crippen LogP contribution in [0.5, 0.6) is 0 Å². The number of alkyl halides is 2. The van der Waals surface area contributed by atoms with E-state index in [0.29, 0.717) is 0 Å². The molecule has 112 valence electrons. The third-order valence-electron chi connectivity index (χ3n) is 3.62. The Balaban J connectivity index is 2.50. The van der Waals surface area contributed by atoms with Crippen molar-refractivity contribution in [2.75, 3.05) is 0 Å². The summed E-state index contributed by atoms with van der Waals surface area (Å²) in [4.78, 5) is 0. The molecule has 0 aliphatic rings. The van der Waals surface area contributed by atoms with E-state index in [-0.39, 0.29) is 0 Å². The van der Waals surface area contributed by atoms with Crippen LogP contribution in [-0.4, -0.2) is 8.07 Å². The number of hydrogen-bond donors (Lipinski definition) is 0. The molecule has 0 heterocycles. The van der Waals surface area contributed by atoms with Gasteiger partial charge >= 0.3 is 0 Å². The zero-order chi connectivity index (χ0) is 15.6. The fourth-order valence-electron chi connectivity index (χ4n) is 2.29. The molecule has 2 rings (SSSR count). The largest absolute Gasteiger partial charge is 0.0876 e.